The van der Waals surface area contributed by atoms with Gasteiger partial charge < -0.3 is 4.74 Å². The molecule has 0 saturated heterocycles. The number of thiazole rings is 1. The quantitative estimate of drug-likeness (QED) is 0.678. The summed E-state index contributed by atoms with van der Waals surface area (Å²) in [7, 11) is 0. The first kappa shape index (κ1) is 13.7. The molecule has 0 fully saturated rings. The van der Waals surface area contributed by atoms with Gasteiger partial charge in [-0.1, -0.05) is 24.3 Å². The first-order valence-electron chi connectivity index (χ1n) is 6.51. The van der Waals surface area contributed by atoms with E-state index in [4.69, 9.17) is 4.74 Å². The average molecular weight is 301 g/mol. The zero-order valence-corrected chi connectivity index (χ0v) is 12.1. The number of benzene rings is 2. The highest BCUT2D eigenvalue weighted by molar-refractivity contribution is 7.13. The fraction of sp³-hybridized carbons (Fsp3) is 0.125. The molecule has 0 amide bonds. The van der Waals surface area contributed by atoms with Crippen molar-refractivity contribution in [3.05, 3.63) is 53.3 Å². The summed E-state index contributed by atoms with van der Waals surface area (Å²) in [5.74, 6) is -0.706. The van der Waals surface area contributed by atoms with Gasteiger partial charge in [-0.15, -0.1) is 11.3 Å². The van der Waals surface area contributed by atoms with Gasteiger partial charge in [-0.05, 0) is 24.4 Å². The summed E-state index contributed by atoms with van der Waals surface area (Å²) < 4.78 is 18.8. The van der Waals surface area contributed by atoms with Gasteiger partial charge in [0.25, 0.3) is 0 Å². The van der Waals surface area contributed by atoms with E-state index >= 15 is 0 Å². The van der Waals surface area contributed by atoms with Gasteiger partial charge in [-0.3, -0.25) is 0 Å². The fourth-order valence-electron chi connectivity index (χ4n) is 2.15. The van der Waals surface area contributed by atoms with Gasteiger partial charge in [-0.25, -0.2) is 14.2 Å². The molecule has 0 aliphatic rings. The van der Waals surface area contributed by atoms with Gasteiger partial charge in [0, 0.05) is 16.3 Å². The Morgan fingerprint density at radius 1 is 1.24 bits per heavy atom. The molecule has 1 aromatic heterocycles. The van der Waals surface area contributed by atoms with Crippen LogP contribution in [0, 0.1) is 5.82 Å². The molecule has 0 radical (unpaired) electrons. The predicted octanol–water partition coefficient (Wildman–Crippen LogP) is 4.28. The second-order valence-electron chi connectivity index (χ2n) is 4.40. The Morgan fingerprint density at radius 2 is 2.00 bits per heavy atom. The fourth-order valence-corrected chi connectivity index (χ4v) is 2.97. The number of hydrogen-bond acceptors (Lipinski definition) is 4. The van der Waals surface area contributed by atoms with Crippen LogP contribution in [0.1, 0.15) is 17.4 Å². The van der Waals surface area contributed by atoms with Gasteiger partial charge in [0.1, 0.15) is 10.8 Å². The highest BCUT2D eigenvalue weighted by Crippen LogP contribution is 2.32. The van der Waals surface area contributed by atoms with Crippen LogP contribution in [0.4, 0.5) is 4.39 Å². The summed E-state index contributed by atoms with van der Waals surface area (Å²) in [6.45, 7) is 2.06. The number of carbonyl (C=O) groups excluding carboxylic acids is 1. The molecule has 3 aromatic rings. The van der Waals surface area contributed by atoms with E-state index in [1.54, 1.807) is 30.5 Å². The molecule has 3 nitrogen and oxygen atoms in total. The maximum absolute atomic E-state index is 13.8. The molecule has 0 atom stereocenters. The number of nitrogens with zero attached hydrogens (tertiary/aromatic N) is 1. The summed E-state index contributed by atoms with van der Waals surface area (Å²) in [5.41, 5.74) is 1.10. The zero-order valence-electron chi connectivity index (χ0n) is 11.3. The van der Waals surface area contributed by atoms with Crippen molar-refractivity contribution in [3.8, 4) is 10.6 Å². The summed E-state index contributed by atoms with van der Waals surface area (Å²) in [6.07, 6.45) is 0. The minimum absolute atomic E-state index is 0.267. The van der Waals surface area contributed by atoms with Crippen LogP contribution in [0.25, 0.3) is 21.3 Å². The Hall–Kier alpha value is -2.27. The van der Waals surface area contributed by atoms with Crippen molar-refractivity contribution < 1.29 is 13.9 Å². The Balaban J connectivity index is 2.09. The molecule has 0 aliphatic heterocycles. The van der Waals surface area contributed by atoms with E-state index in [1.807, 2.05) is 12.1 Å². The molecule has 5 heteroatoms. The smallest absolute Gasteiger partial charge is 0.357 e. The molecule has 0 spiro atoms. The Labute approximate surface area is 125 Å². The molecule has 0 saturated carbocycles. The number of hydrogen-bond donors (Lipinski definition) is 0. The maximum atomic E-state index is 13.8. The molecule has 0 bridgehead atoms. The number of carbonyl (C=O) groups is 1. The first-order valence-corrected chi connectivity index (χ1v) is 7.39. The van der Waals surface area contributed by atoms with Crippen molar-refractivity contribution in [1.82, 2.24) is 4.98 Å². The van der Waals surface area contributed by atoms with E-state index < -0.39 is 5.97 Å². The van der Waals surface area contributed by atoms with Crippen molar-refractivity contribution in [2.75, 3.05) is 6.61 Å². The second-order valence-corrected chi connectivity index (χ2v) is 5.26. The van der Waals surface area contributed by atoms with Gasteiger partial charge in [0.05, 0.1) is 6.61 Å². The first-order chi connectivity index (χ1) is 10.2. The van der Waals surface area contributed by atoms with Crippen LogP contribution in [0.15, 0.2) is 41.8 Å². The molecular weight excluding hydrogens is 289 g/mol. The topological polar surface area (TPSA) is 39.2 Å². The molecular formula is C16H12FNO2S. The van der Waals surface area contributed by atoms with Crippen LogP contribution in [-0.2, 0) is 4.74 Å². The van der Waals surface area contributed by atoms with Crippen molar-refractivity contribution >= 4 is 28.1 Å². The van der Waals surface area contributed by atoms with Crippen LogP contribution in [-0.4, -0.2) is 17.6 Å². The van der Waals surface area contributed by atoms with Gasteiger partial charge in [0.2, 0.25) is 0 Å². The zero-order chi connectivity index (χ0) is 14.8. The van der Waals surface area contributed by atoms with Crippen LogP contribution >= 0.6 is 11.3 Å². The molecule has 106 valence electrons. The van der Waals surface area contributed by atoms with Crippen molar-refractivity contribution in [2.24, 2.45) is 0 Å². The molecule has 1 heterocycles. The van der Waals surface area contributed by atoms with E-state index in [2.05, 4.69) is 4.98 Å². The molecule has 0 unspecified atom stereocenters. The van der Waals surface area contributed by atoms with Crippen LogP contribution < -0.4 is 0 Å². The lowest BCUT2D eigenvalue weighted by Crippen LogP contribution is -2.04. The lowest BCUT2D eigenvalue weighted by atomic mass is 10.0. The van der Waals surface area contributed by atoms with E-state index in [0.717, 1.165) is 10.9 Å². The van der Waals surface area contributed by atoms with Crippen LogP contribution in [0.3, 0.4) is 0 Å². The standard InChI is InChI=1S/C16H12FNO2S/c1-2-20-16(19)14-9-21-15(18-14)12-7-8-13(17)11-6-4-3-5-10(11)12/h3-9H,2H2,1H3. The van der Waals surface area contributed by atoms with Crippen LogP contribution in [0.2, 0.25) is 0 Å². The largest absolute Gasteiger partial charge is 0.461 e. The maximum Gasteiger partial charge on any atom is 0.357 e. The Bertz CT molecular complexity index is 813. The number of rotatable bonds is 3. The van der Waals surface area contributed by atoms with E-state index in [-0.39, 0.29) is 11.5 Å². The summed E-state index contributed by atoms with van der Waals surface area (Å²) in [6, 6.07) is 10.3. The lowest BCUT2D eigenvalue weighted by Gasteiger charge is -2.04. The van der Waals surface area contributed by atoms with E-state index in [9.17, 15) is 9.18 Å². The molecule has 0 N–H and O–H groups in total. The molecule has 3 rings (SSSR count). The van der Waals surface area contributed by atoms with Crippen molar-refractivity contribution in [3.63, 3.8) is 0 Å². The molecule has 2 aromatic carbocycles. The van der Waals surface area contributed by atoms with Gasteiger partial charge in [0.15, 0.2) is 5.69 Å². The number of aromatic nitrogens is 1. The monoisotopic (exact) mass is 301 g/mol. The third kappa shape index (κ3) is 2.52. The average Bonchev–Trinajstić information content (AvgIpc) is 2.98. The van der Waals surface area contributed by atoms with Gasteiger partial charge in [-0.2, -0.15) is 0 Å². The van der Waals surface area contributed by atoms with E-state index in [1.165, 1.54) is 17.4 Å². The van der Waals surface area contributed by atoms with E-state index in [0.29, 0.717) is 17.0 Å². The summed E-state index contributed by atoms with van der Waals surface area (Å²) in [4.78, 5) is 16.0. The third-order valence-corrected chi connectivity index (χ3v) is 3.97. The van der Waals surface area contributed by atoms with Crippen LogP contribution in [0.5, 0.6) is 0 Å². The van der Waals surface area contributed by atoms with Crippen molar-refractivity contribution in [2.45, 2.75) is 6.92 Å². The number of esters is 1. The number of ether oxygens (including phenoxy) is 1. The number of halogens is 1. The Kier molecular flexibility index (Phi) is 3.66. The molecule has 0 aliphatic carbocycles. The minimum atomic E-state index is -0.439. The summed E-state index contributed by atoms with van der Waals surface area (Å²) >= 11 is 1.34. The highest BCUT2D eigenvalue weighted by Gasteiger charge is 2.15. The SMILES string of the molecule is CCOC(=O)c1csc(-c2ccc(F)c3ccccc23)n1. The highest BCUT2D eigenvalue weighted by atomic mass is 32.1. The minimum Gasteiger partial charge on any atom is -0.461 e. The normalized spacial score (nSPS) is 10.8. The molecule has 21 heavy (non-hydrogen) atoms. The van der Waals surface area contributed by atoms with Crippen molar-refractivity contribution in [1.29, 1.82) is 0 Å². The third-order valence-electron chi connectivity index (χ3n) is 3.09. The Morgan fingerprint density at radius 3 is 2.76 bits per heavy atom. The predicted molar refractivity (Wildman–Crippen MR) is 81.0 cm³/mol. The summed E-state index contributed by atoms with van der Waals surface area (Å²) in [5, 5.41) is 3.66. The lowest BCUT2D eigenvalue weighted by molar-refractivity contribution is 0.0520. The number of fused-ring (bicyclic) bond motifs is 1. The second kappa shape index (κ2) is 5.61. The van der Waals surface area contributed by atoms with Gasteiger partial charge >= 0.3 is 5.97 Å².